The highest BCUT2D eigenvalue weighted by Crippen LogP contribution is 2.23. The Morgan fingerprint density at radius 3 is 2.50 bits per heavy atom. The third kappa shape index (κ3) is 5.67. The Balaban J connectivity index is 2.81. The van der Waals surface area contributed by atoms with Crippen LogP contribution in [0.4, 0.5) is 5.69 Å². The molecule has 6 heteroatoms. The molecule has 0 saturated carbocycles. The average molecular weight is 326 g/mol. The Kier molecular flexibility index (Phi) is 6.87. The maximum Gasteiger partial charge on any atom is 0.232 e. The number of carbonyl (C=O) groups is 1. The Bertz CT molecular complexity index is 612. The molecule has 1 amide bonds. The van der Waals surface area contributed by atoms with Gasteiger partial charge in [-0.2, -0.15) is 0 Å². The van der Waals surface area contributed by atoms with Gasteiger partial charge in [0.1, 0.15) is 0 Å². The van der Waals surface area contributed by atoms with Crippen LogP contribution in [0, 0.1) is 13.8 Å². The zero-order chi connectivity index (χ0) is 16.8. The highest BCUT2D eigenvalue weighted by molar-refractivity contribution is 7.92. The summed E-state index contributed by atoms with van der Waals surface area (Å²) in [5.41, 5.74) is 2.60. The van der Waals surface area contributed by atoms with Gasteiger partial charge < -0.3 is 5.32 Å². The summed E-state index contributed by atoms with van der Waals surface area (Å²) in [6, 6.07) is 5.61. The van der Waals surface area contributed by atoms with Crippen molar-refractivity contribution in [2.45, 2.75) is 40.0 Å². The molecular weight excluding hydrogens is 300 g/mol. The van der Waals surface area contributed by atoms with Crippen LogP contribution in [-0.4, -0.2) is 33.7 Å². The predicted octanol–water partition coefficient (Wildman–Crippen LogP) is 2.38. The largest absolute Gasteiger partial charge is 0.356 e. The van der Waals surface area contributed by atoms with E-state index in [1.54, 1.807) is 6.07 Å². The average Bonchev–Trinajstić information content (AvgIpc) is 2.40. The molecule has 0 aliphatic rings. The summed E-state index contributed by atoms with van der Waals surface area (Å²) in [5.74, 6) is -0.119. The van der Waals surface area contributed by atoms with E-state index in [9.17, 15) is 13.2 Å². The first-order valence-electron chi connectivity index (χ1n) is 7.57. The van der Waals surface area contributed by atoms with Crippen molar-refractivity contribution in [1.29, 1.82) is 0 Å². The molecule has 1 N–H and O–H groups in total. The van der Waals surface area contributed by atoms with E-state index in [4.69, 9.17) is 0 Å². The Labute approximate surface area is 133 Å². The summed E-state index contributed by atoms with van der Waals surface area (Å²) >= 11 is 0. The molecule has 124 valence electrons. The lowest BCUT2D eigenvalue weighted by molar-refractivity contribution is -0.120. The number of hydrogen-bond acceptors (Lipinski definition) is 3. The number of nitrogens with one attached hydrogen (secondary N) is 1. The van der Waals surface area contributed by atoms with Gasteiger partial charge in [0.25, 0.3) is 0 Å². The van der Waals surface area contributed by atoms with E-state index in [-0.39, 0.29) is 18.9 Å². The van der Waals surface area contributed by atoms with Crippen LogP contribution in [0.2, 0.25) is 0 Å². The summed E-state index contributed by atoms with van der Waals surface area (Å²) in [5, 5.41) is 2.81. The predicted molar refractivity (Wildman–Crippen MR) is 90.6 cm³/mol. The second kappa shape index (κ2) is 8.17. The van der Waals surface area contributed by atoms with Crippen LogP contribution >= 0.6 is 0 Å². The van der Waals surface area contributed by atoms with E-state index in [1.807, 2.05) is 26.0 Å². The topological polar surface area (TPSA) is 66.5 Å². The fourth-order valence-electron chi connectivity index (χ4n) is 2.25. The first kappa shape index (κ1) is 18.5. The number of amides is 1. The molecule has 1 aromatic carbocycles. The summed E-state index contributed by atoms with van der Waals surface area (Å²) in [7, 11) is -3.42. The number of nitrogens with zero attached hydrogens (tertiary/aromatic N) is 1. The molecule has 0 aromatic heterocycles. The molecular formula is C16H26N2O3S. The fraction of sp³-hybridized carbons (Fsp3) is 0.562. The minimum absolute atomic E-state index is 0.119. The molecule has 5 nitrogen and oxygen atoms in total. The summed E-state index contributed by atoms with van der Waals surface area (Å²) in [6.45, 7) is 6.68. The van der Waals surface area contributed by atoms with Crippen molar-refractivity contribution in [3.05, 3.63) is 29.3 Å². The second-order valence-electron chi connectivity index (χ2n) is 5.58. The van der Waals surface area contributed by atoms with Gasteiger partial charge >= 0.3 is 0 Å². The van der Waals surface area contributed by atoms with Gasteiger partial charge in [0.15, 0.2) is 0 Å². The molecule has 0 atom stereocenters. The highest BCUT2D eigenvalue weighted by atomic mass is 32.2. The zero-order valence-corrected chi connectivity index (χ0v) is 14.7. The first-order chi connectivity index (χ1) is 10.3. The van der Waals surface area contributed by atoms with Crippen molar-refractivity contribution in [2.24, 2.45) is 0 Å². The number of sulfonamides is 1. The Hall–Kier alpha value is -1.56. The van der Waals surface area contributed by atoms with E-state index >= 15 is 0 Å². The van der Waals surface area contributed by atoms with Gasteiger partial charge in [-0.1, -0.05) is 31.0 Å². The van der Waals surface area contributed by atoms with Gasteiger partial charge in [0.2, 0.25) is 15.9 Å². The lowest BCUT2D eigenvalue weighted by Crippen LogP contribution is -2.35. The SMILES string of the molecule is CCCCNC(=O)CCN(c1ccc(C)cc1C)S(C)(=O)=O. The van der Waals surface area contributed by atoms with Crippen LogP contribution in [0.5, 0.6) is 0 Å². The molecule has 0 bridgehead atoms. The molecule has 0 fully saturated rings. The van der Waals surface area contributed by atoms with E-state index in [1.165, 1.54) is 10.6 Å². The first-order valence-corrected chi connectivity index (χ1v) is 9.42. The monoisotopic (exact) mass is 326 g/mol. The van der Waals surface area contributed by atoms with Crippen molar-refractivity contribution in [2.75, 3.05) is 23.7 Å². The molecule has 0 aliphatic heterocycles. The Morgan fingerprint density at radius 1 is 1.27 bits per heavy atom. The number of unbranched alkanes of at least 4 members (excludes halogenated alkanes) is 1. The molecule has 0 radical (unpaired) electrons. The Morgan fingerprint density at radius 2 is 1.95 bits per heavy atom. The van der Waals surface area contributed by atoms with Crippen molar-refractivity contribution in [3.63, 3.8) is 0 Å². The van der Waals surface area contributed by atoms with Gasteiger partial charge in [0.05, 0.1) is 11.9 Å². The molecule has 1 aromatic rings. The van der Waals surface area contributed by atoms with Crippen LogP contribution in [0.25, 0.3) is 0 Å². The van der Waals surface area contributed by atoms with Crippen LogP contribution < -0.4 is 9.62 Å². The molecule has 0 aliphatic carbocycles. The van der Waals surface area contributed by atoms with E-state index in [2.05, 4.69) is 12.2 Å². The number of hydrogen-bond donors (Lipinski definition) is 1. The smallest absolute Gasteiger partial charge is 0.232 e. The standard InChI is InChI=1S/C16H26N2O3S/c1-5-6-10-17-16(19)9-11-18(22(4,20)21)15-8-7-13(2)12-14(15)3/h7-8,12H,5-6,9-11H2,1-4H3,(H,17,19). The van der Waals surface area contributed by atoms with E-state index in [0.29, 0.717) is 12.2 Å². The minimum Gasteiger partial charge on any atom is -0.356 e. The molecule has 0 saturated heterocycles. The number of rotatable bonds is 8. The normalized spacial score (nSPS) is 11.3. The molecule has 0 heterocycles. The quantitative estimate of drug-likeness (QED) is 0.746. The summed E-state index contributed by atoms with van der Waals surface area (Å²) < 4.78 is 25.4. The van der Waals surface area contributed by atoms with Gasteiger partial charge in [-0.25, -0.2) is 8.42 Å². The maximum atomic E-state index is 12.0. The zero-order valence-electron chi connectivity index (χ0n) is 13.8. The van der Waals surface area contributed by atoms with Crippen LogP contribution in [0.1, 0.15) is 37.3 Å². The van der Waals surface area contributed by atoms with Crippen molar-refractivity contribution < 1.29 is 13.2 Å². The van der Waals surface area contributed by atoms with Crippen LogP contribution in [0.3, 0.4) is 0 Å². The summed E-state index contributed by atoms with van der Waals surface area (Å²) in [4.78, 5) is 11.8. The van der Waals surface area contributed by atoms with Gasteiger partial charge in [-0.15, -0.1) is 0 Å². The lowest BCUT2D eigenvalue weighted by Gasteiger charge is -2.24. The highest BCUT2D eigenvalue weighted by Gasteiger charge is 2.20. The maximum absolute atomic E-state index is 12.0. The minimum atomic E-state index is -3.42. The molecule has 0 unspecified atom stereocenters. The van der Waals surface area contributed by atoms with Crippen LogP contribution in [-0.2, 0) is 14.8 Å². The fourth-order valence-corrected chi connectivity index (χ4v) is 3.23. The van der Waals surface area contributed by atoms with Gasteiger partial charge in [0, 0.05) is 19.5 Å². The summed E-state index contributed by atoms with van der Waals surface area (Å²) in [6.07, 6.45) is 3.27. The van der Waals surface area contributed by atoms with Gasteiger partial charge in [-0.3, -0.25) is 9.10 Å². The van der Waals surface area contributed by atoms with E-state index in [0.717, 1.165) is 24.0 Å². The number of anilines is 1. The number of aryl methyl sites for hydroxylation is 2. The number of carbonyl (C=O) groups excluding carboxylic acids is 1. The number of benzene rings is 1. The third-order valence-corrected chi connectivity index (χ3v) is 4.60. The molecule has 0 spiro atoms. The van der Waals surface area contributed by atoms with Crippen molar-refractivity contribution >= 4 is 21.6 Å². The molecule has 22 heavy (non-hydrogen) atoms. The molecule has 1 rings (SSSR count). The van der Waals surface area contributed by atoms with E-state index < -0.39 is 10.0 Å². The van der Waals surface area contributed by atoms with Crippen LogP contribution in [0.15, 0.2) is 18.2 Å². The lowest BCUT2D eigenvalue weighted by atomic mass is 10.1. The van der Waals surface area contributed by atoms with Crippen molar-refractivity contribution in [3.8, 4) is 0 Å². The third-order valence-electron chi connectivity index (χ3n) is 3.42. The van der Waals surface area contributed by atoms with Gasteiger partial charge in [-0.05, 0) is 31.9 Å². The van der Waals surface area contributed by atoms with Crippen molar-refractivity contribution in [1.82, 2.24) is 5.32 Å². The second-order valence-corrected chi connectivity index (χ2v) is 7.49.